The molecule has 0 bridgehead atoms. The van der Waals surface area contributed by atoms with E-state index in [0.29, 0.717) is 12.8 Å². The smallest absolute Gasteiger partial charge is 0.329 e. The number of hydrogen-bond acceptors (Lipinski definition) is 6. The Kier molecular flexibility index (Phi) is 31.1. The lowest BCUT2D eigenvalue weighted by Gasteiger charge is -2.21. The molecule has 0 aliphatic heterocycles. The van der Waals surface area contributed by atoms with Gasteiger partial charge < -0.3 is 25.9 Å². The van der Waals surface area contributed by atoms with Crippen molar-refractivity contribution in [2.75, 3.05) is 6.61 Å². The van der Waals surface area contributed by atoms with Gasteiger partial charge in [-0.3, -0.25) is 4.79 Å². The number of imidazole rings is 1. The number of hydrogen-bond donors (Lipinski definition) is 4. The van der Waals surface area contributed by atoms with Gasteiger partial charge in [0, 0.05) is 24.7 Å². The van der Waals surface area contributed by atoms with E-state index >= 15 is 0 Å². The fourth-order valence-electron chi connectivity index (χ4n) is 6.41. The predicted molar refractivity (Wildman–Crippen MR) is 209 cm³/mol. The van der Waals surface area contributed by atoms with Crippen molar-refractivity contribution in [3.8, 4) is 0 Å². The number of carbonyl (C=O) groups excluding carboxylic acids is 2. The molecule has 0 aromatic carbocycles. The summed E-state index contributed by atoms with van der Waals surface area (Å²) >= 11 is 0. The maximum Gasteiger partial charge on any atom is 0.329 e. The van der Waals surface area contributed by atoms with Crippen LogP contribution in [0.25, 0.3) is 0 Å². The maximum absolute atomic E-state index is 13.0. The zero-order chi connectivity index (χ0) is 36.3. The number of carbonyl (C=O) groups is 2. The molecule has 5 N–H and O–H groups in total. The number of unbranched alkanes of at least 4 members (excludes halogenated alkanes) is 23. The fourth-order valence-corrected chi connectivity index (χ4v) is 6.41. The SMILES string of the molecule is CCCCCCCCC=CCCCCCC(O)C(N)COC(=O)C(Cc1cnc[nH]1)NC(=O)CCCCCCCCCCCCCCCCC. The van der Waals surface area contributed by atoms with E-state index in [0.717, 1.165) is 50.6 Å². The van der Waals surface area contributed by atoms with Gasteiger partial charge >= 0.3 is 5.97 Å². The van der Waals surface area contributed by atoms with Crippen LogP contribution in [0.2, 0.25) is 0 Å². The number of aliphatic hydroxyl groups is 1. The second kappa shape index (κ2) is 33.9. The quantitative estimate of drug-likeness (QED) is 0.0313. The van der Waals surface area contributed by atoms with Crippen LogP contribution < -0.4 is 11.1 Å². The fraction of sp³-hybridized carbons (Fsp3) is 0.833. The van der Waals surface area contributed by atoms with Gasteiger partial charge in [-0.05, 0) is 38.5 Å². The summed E-state index contributed by atoms with van der Waals surface area (Å²) < 4.78 is 5.50. The largest absolute Gasteiger partial charge is 0.462 e. The number of nitrogens with one attached hydrogen (secondary N) is 2. The number of ether oxygens (including phenoxy) is 1. The van der Waals surface area contributed by atoms with E-state index in [4.69, 9.17) is 10.5 Å². The molecular formula is C42H78N4O4. The zero-order valence-corrected chi connectivity index (χ0v) is 32.5. The Morgan fingerprint density at radius 1 is 0.760 bits per heavy atom. The van der Waals surface area contributed by atoms with Crippen molar-refractivity contribution in [2.45, 2.75) is 218 Å². The number of aromatic nitrogens is 2. The Hall–Kier alpha value is -2.19. The molecule has 0 saturated carbocycles. The zero-order valence-electron chi connectivity index (χ0n) is 32.5. The molecule has 3 atom stereocenters. The van der Waals surface area contributed by atoms with Gasteiger partial charge in [0.1, 0.15) is 12.6 Å². The molecule has 1 amide bonds. The van der Waals surface area contributed by atoms with E-state index in [9.17, 15) is 14.7 Å². The number of esters is 1. The second-order valence-corrected chi connectivity index (χ2v) is 14.6. The van der Waals surface area contributed by atoms with E-state index in [1.165, 1.54) is 122 Å². The average molecular weight is 703 g/mol. The molecule has 1 rings (SSSR count). The number of nitrogens with two attached hydrogens (primary N) is 1. The minimum absolute atomic E-state index is 0.0877. The summed E-state index contributed by atoms with van der Waals surface area (Å²) in [5.41, 5.74) is 6.92. The van der Waals surface area contributed by atoms with Crippen molar-refractivity contribution in [1.29, 1.82) is 0 Å². The summed E-state index contributed by atoms with van der Waals surface area (Å²) in [7, 11) is 0. The Bertz CT molecular complexity index is 923. The lowest BCUT2D eigenvalue weighted by molar-refractivity contribution is -0.149. The second-order valence-electron chi connectivity index (χ2n) is 14.6. The maximum atomic E-state index is 13.0. The molecule has 1 heterocycles. The third-order valence-electron chi connectivity index (χ3n) is 9.78. The summed E-state index contributed by atoms with van der Waals surface area (Å²) in [5, 5.41) is 13.4. The third-order valence-corrected chi connectivity index (χ3v) is 9.78. The molecule has 0 aliphatic rings. The van der Waals surface area contributed by atoms with Gasteiger partial charge in [-0.25, -0.2) is 9.78 Å². The van der Waals surface area contributed by atoms with Crippen molar-refractivity contribution in [3.63, 3.8) is 0 Å². The van der Waals surface area contributed by atoms with Crippen LogP contribution in [-0.2, 0) is 20.7 Å². The Labute approximate surface area is 307 Å². The summed E-state index contributed by atoms with van der Waals surface area (Å²) in [6.45, 7) is 4.43. The van der Waals surface area contributed by atoms with Crippen molar-refractivity contribution in [2.24, 2.45) is 5.73 Å². The lowest BCUT2D eigenvalue weighted by Crippen LogP contribution is -2.46. The van der Waals surface area contributed by atoms with Crippen LogP contribution in [0.3, 0.4) is 0 Å². The van der Waals surface area contributed by atoms with Gasteiger partial charge in [0.2, 0.25) is 5.91 Å². The highest BCUT2D eigenvalue weighted by Crippen LogP contribution is 2.15. The number of aliphatic hydroxyl groups excluding tert-OH is 1. The summed E-state index contributed by atoms with van der Waals surface area (Å²) in [4.78, 5) is 32.8. The first-order chi connectivity index (χ1) is 24.5. The summed E-state index contributed by atoms with van der Waals surface area (Å²) in [6, 6.07) is -1.50. The van der Waals surface area contributed by atoms with Gasteiger partial charge in [-0.1, -0.05) is 161 Å². The highest BCUT2D eigenvalue weighted by Gasteiger charge is 2.25. The van der Waals surface area contributed by atoms with Crippen molar-refractivity contribution in [1.82, 2.24) is 15.3 Å². The first-order valence-electron chi connectivity index (χ1n) is 21.0. The molecule has 1 aromatic rings. The van der Waals surface area contributed by atoms with Gasteiger partial charge in [-0.15, -0.1) is 0 Å². The van der Waals surface area contributed by atoms with Crippen LogP contribution in [0, 0.1) is 0 Å². The molecule has 0 aliphatic carbocycles. The Morgan fingerprint density at radius 3 is 1.74 bits per heavy atom. The van der Waals surface area contributed by atoms with E-state index in [1.807, 2.05) is 0 Å². The van der Waals surface area contributed by atoms with Gasteiger partial charge in [0.05, 0.1) is 18.5 Å². The van der Waals surface area contributed by atoms with E-state index in [1.54, 1.807) is 12.5 Å². The molecule has 1 aromatic heterocycles. The topological polar surface area (TPSA) is 130 Å². The van der Waals surface area contributed by atoms with Crippen molar-refractivity contribution >= 4 is 11.9 Å². The minimum atomic E-state index is -0.835. The summed E-state index contributed by atoms with van der Waals surface area (Å²) in [6.07, 6.45) is 40.6. The molecule has 8 heteroatoms. The molecule has 50 heavy (non-hydrogen) atoms. The molecule has 0 saturated heterocycles. The molecule has 0 radical (unpaired) electrons. The van der Waals surface area contributed by atoms with Gasteiger partial charge in [0.15, 0.2) is 0 Å². The van der Waals surface area contributed by atoms with Crippen LogP contribution in [-0.4, -0.2) is 51.7 Å². The molecule has 290 valence electrons. The number of nitrogens with zero attached hydrogens (tertiary/aromatic N) is 1. The van der Waals surface area contributed by atoms with Crippen LogP contribution in [0.1, 0.15) is 199 Å². The van der Waals surface area contributed by atoms with Crippen LogP contribution in [0.5, 0.6) is 0 Å². The van der Waals surface area contributed by atoms with Crippen molar-refractivity contribution < 1.29 is 19.4 Å². The molecule has 0 fully saturated rings. The first kappa shape index (κ1) is 45.8. The number of aromatic amines is 1. The van der Waals surface area contributed by atoms with E-state index in [2.05, 4.69) is 41.3 Å². The van der Waals surface area contributed by atoms with Crippen LogP contribution in [0.15, 0.2) is 24.7 Å². The highest BCUT2D eigenvalue weighted by atomic mass is 16.5. The van der Waals surface area contributed by atoms with Gasteiger partial charge in [-0.2, -0.15) is 0 Å². The Morgan fingerprint density at radius 2 is 1.24 bits per heavy atom. The highest BCUT2D eigenvalue weighted by molar-refractivity contribution is 5.84. The number of rotatable bonds is 36. The number of allylic oxidation sites excluding steroid dienone is 2. The molecular weight excluding hydrogens is 624 g/mol. The van der Waals surface area contributed by atoms with Crippen molar-refractivity contribution in [3.05, 3.63) is 30.4 Å². The Balaban J connectivity index is 2.19. The monoisotopic (exact) mass is 703 g/mol. The summed E-state index contributed by atoms with van der Waals surface area (Å²) in [5.74, 6) is -0.692. The lowest BCUT2D eigenvalue weighted by atomic mass is 10.0. The molecule has 3 unspecified atom stereocenters. The number of amides is 1. The normalized spacial score (nSPS) is 13.4. The molecule has 0 spiro atoms. The third kappa shape index (κ3) is 27.5. The van der Waals surface area contributed by atoms with E-state index < -0.39 is 24.2 Å². The minimum Gasteiger partial charge on any atom is -0.462 e. The average Bonchev–Trinajstić information content (AvgIpc) is 3.63. The van der Waals surface area contributed by atoms with Crippen LogP contribution in [0.4, 0.5) is 0 Å². The van der Waals surface area contributed by atoms with E-state index in [-0.39, 0.29) is 18.9 Å². The molecule has 8 nitrogen and oxygen atoms in total. The van der Waals surface area contributed by atoms with Crippen LogP contribution >= 0.6 is 0 Å². The first-order valence-corrected chi connectivity index (χ1v) is 21.0. The van der Waals surface area contributed by atoms with Gasteiger partial charge in [0.25, 0.3) is 0 Å². The predicted octanol–water partition coefficient (Wildman–Crippen LogP) is 10.2. The number of H-pyrrole nitrogens is 1. The standard InChI is InChI=1S/C42H78N4O4/c1-3-5-7-9-11-13-15-17-18-20-22-24-26-28-30-32-41(48)46-39(33-37-34-44-36-45-37)42(49)50-35-38(43)40(47)31-29-27-25-23-21-19-16-14-12-10-8-6-4-2/h19,21,34,36,38-40,47H,3-18,20,22-33,35,43H2,1-2H3,(H,44,45)(H,46,48).